The molecule has 0 radical (unpaired) electrons. The van der Waals surface area contributed by atoms with Crippen molar-refractivity contribution in [3.8, 4) is 0 Å². The van der Waals surface area contributed by atoms with Crippen LogP contribution < -0.4 is 10.2 Å². The van der Waals surface area contributed by atoms with E-state index in [0.29, 0.717) is 23.0 Å². The first-order chi connectivity index (χ1) is 13.1. The number of piperidine rings is 1. The summed E-state index contributed by atoms with van der Waals surface area (Å²) >= 11 is 6.07. The average Bonchev–Trinajstić information content (AvgIpc) is 3.12. The monoisotopic (exact) mass is 384 g/mol. The Morgan fingerprint density at radius 3 is 2.85 bits per heavy atom. The highest BCUT2D eigenvalue weighted by Crippen LogP contribution is 2.28. The number of aryl methyl sites for hydroxylation is 1. The summed E-state index contributed by atoms with van der Waals surface area (Å²) in [5.41, 5.74) is 1.46. The van der Waals surface area contributed by atoms with Gasteiger partial charge in [0.25, 0.3) is 5.91 Å². The van der Waals surface area contributed by atoms with Gasteiger partial charge in [-0.05, 0) is 37.0 Å². The molecule has 4 rings (SSSR count). The molecular weight excluding hydrogens is 364 g/mol. The molecule has 2 aromatic heterocycles. The van der Waals surface area contributed by atoms with E-state index in [-0.39, 0.29) is 5.91 Å². The van der Waals surface area contributed by atoms with Crippen LogP contribution in [0.15, 0.2) is 36.9 Å². The number of rotatable bonds is 4. The van der Waals surface area contributed by atoms with E-state index in [9.17, 15) is 4.79 Å². The van der Waals surface area contributed by atoms with Crippen LogP contribution in [0.1, 0.15) is 23.2 Å². The number of fused-ring (bicyclic) bond motifs is 1. The summed E-state index contributed by atoms with van der Waals surface area (Å²) in [4.78, 5) is 23.3. The maximum Gasteiger partial charge on any atom is 0.254 e. The van der Waals surface area contributed by atoms with Gasteiger partial charge < -0.3 is 10.2 Å². The number of carbonyl (C=O) groups excluding carboxylic acids is 1. The van der Waals surface area contributed by atoms with Crippen molar-refractivity contribution in [1.82, 2.24) is 25.1 Å². The van der Waals surface area contributed by atoms with Crippen LogP contribution in [0.25, 0.3) is 10.9 Å². The van der Waals surface area contributed by atoms with Crippen molar-refractivity contribution in [2.75, 3.05) is 24.5 Å². The Balaban J connectivity index is 1.36. The first-order valence-corrected chi connectivity index (χ1v) is 9.40. The van der Waals surface area contributed by atoms with Crippen molar-refractivity contribution in [2.24, 2.45) is 13.0 Å². The van der Waals surface area contributed by atoms with E-state index >= 15 is 0 Å². The highest BCUT2D eigenvalue weighted by molar-refractivity contribution is 6.31. The van der Waals surface area contributed by atoms with Gasteiger partial charge in [0.05, 0.1) is 17.3 Å². The minimum atomic E-state index is -0.0656. The molecule has 27 heavy (non-hydrogen) atoms. The third kappa shape index (κ3) is 3.88. The van der Waals surface area contributed by atoms with Gasteiger partial charge in [-0.2, -0.15) is 5.10 Å². The number of amides is 1. The molecule has 140 valence electrons. The Morgan fingerprint density at radius 1 is 1.30 bits per heavy atom. The standard InChI is InChI=1S/C19H21ClN6O/c1-25-11-14(10-24-25)19(27)21-9-13-4-6-26(7-5-13)18-16-3-2-15(20)8-17(16)22-12-23-18/h2-3,8,10-13H,4-7,9H2,1H3,(H,21,27). The normalized spacial score (nSPS) is 15.3. The molecule has 1 fully saturated rings. The average molecular weight is 385 g/mol. The van der Waals surface area contributed by atoms with E-state index in [4.69, 9.17) is 11.6 Å². The highest BCUT2D eigenvalue weighted by Gasteiger charge is 2.22. The van der Waals surface area contributed by atoms with Crippen LogP contribution in [-0.4, -0.2) is 45.3 Å². The number of anilines is 1. The molecule has 1 saturated heterocycles. The van der Waals surface area contributed by atoms with Crippen molar-refractivity contribution in [3.05, 3.63) is 47.5 Å². The summed E-state index contributed by atoms with van der Waals surface area (Å²) in [6.07, 6.45) is 6.92. The van der Waals surface area contributed by atoms with Crippen LogP contribution in [-0.2, 0) is 7.05 Å². The molecule has 0 atom stereocenters. The number of carbonyl (C=O) groups is 1. The van der Waals surface area contributed by atoms with Gasteiger partial charge in [-0.3, -0.25) is 9.48 Å². The zero-order valence-electron chi connectivity index (χ0n) is 15.1. The number of hydrogen-bond acceptors (Lipinski definition) is 5. The van der Waals surface area contributed by atoms with Crippen LogP contribution in [0.2, 0.25) is 5.02 Å². The lowest BCUT2D eigenvalue weighted by Gasteiger charge is -2.33. The summed E-state index contributed by atoms with van der Waals surface area (Å²) in [6.45, 7) is 2.49. The lowest BCUT2D eigenvalue weighted by molar-refractivity contribution is 0.0945. The van der Waals surface area contributed by atoms with Crippen LogP contribution in [0, 0.1) is 5.92 Å². The number of nitrogens with one attached hydrogen (secondary N) is 1. The SMILES string of the molecule is Cn1cc(C(=O)NCC2CCN(c3ncnc4cc(Cl)ccc34)CC2)cn1. The van der Waals surface area contributed by atoms with Crippen LogP contribution in [0.4, 0.5) is 5.82 Å². The van der Waals surface area contributed by atoms with Gasteiger partial charge in [0.2, 0.25) is 0 Å². The Kier molecular flexibility index (Phi) is 4.94. The molecule has 1 N–H and O–H groups in total. The Hall–Kier alpha value is -2.67. The van der Waals surface area contributed by atoms with Crippen molar-refractivity contribution in [2.45, 2.75) is 12.8 Å². The quantitative estimate of drug-likeness (QED) is 0.748. The van der Waals surface area contributed by atoms with Crippen molar-refractivity contribution >= 4 is 34.2 Å². The summed E-state index contributed by atoms with van der Waals surface area (Å²) in [5, 5.41) is 8.75. The van der Waals surface area contributed by atoms with Crippen LogP contribution >= 0.6 is 11.6 Å². The van der Waals surface area contributed by atoms with E-state index in [1.807, 2.05) is 18.2 Å². The summed E-state index contributed by atoms with van der Waals surface area (Å²) in [7, 11) is 1.80. The molecule has 7 nitrogen and oxygen atoms in total. The maximum atomic E-state index is 12.2. The van der Waals surface area contributed by atoms with E-state index < -0.39 is 0 Å². The molecule has 0 unspecified atom stereocenters. The van der Waals surface area contributed by atoms with Gasteiger partial charge in [-0.15, -0.1) is 0 Å². The molecule has 3 aromatic rings. The Morgan fingerprint density at radius 2 is 2.11 bits per heavy atom. The third-order valence-electron chi connectivity index (χ3n) is 5.01. The van der Waals surface area contributed by atoms with Crippen molar-refractivity contribution < 1.29 is 4.79 Å². The molecule has 1 amide bonds. The molecule has 1 aliphatic heterocycles. The molecule has 0 spiro atoms. The molecule has 1 aromatic carbocycles. The largest absolute Gasteiger partial charge is 0.356 e. The minimum Gasteiger partial charge on any atom is -0.356 e. The van der Waals surface area contributed by atoms with Crippen LogP contribution in [0.5, 0.6) is 0 Å². The van der Waals surface area contributed by atoms with Crippen molar-refractivity contribution in [1.29, 1.82) is 0 Å². The highest BCUT2D eigenvalue weighted by atomic mass is 35.5. The lowest BCUT2D eigenvalue weighted by atomic mass is 9.96. The second kappa shape index (κ2) is 7.52. The third-order valence-corrected chi connectivity index (χ3v) is 5.25. The number of aromatic nitrogens is 4. The van der Waals surface area contributed by atoms with Gasteiger partial charge in [-0.25, -0.2) is 9.97 Å². The van der Waals surface area contributed by atoms with Gasteiger partial charge >= 0.3 is 0 Å². The fourth-order valence-electron chi connectivity index (χ4n) is 3.49. The number of benzene rings is 1. The first kappa shape index (κ1) is 17.7. The lowest BCUT2D eigenvalue weighted by Crippen LogP contribution is -2.39. The summed E-state index contributed by atoms with van der Waals surface area (Å²) in [5.74, 6) is 1.35. The summed E-state index contributed by atoms with van der Waals surface area (Å²) in [6, 6.07) is 5.72. The van der Waals surface area contributed by atoms with E-state index in [1.165, 1.54) is 0 Å². The molecule has 3 heterocycles. The van der Waals surface area contributed by atoms with Crippen molar-refractivity contribution in [3.63, 3.8) is 0 Å². The summed E-state index contributed by atoms with van der Waals surface area (Å²) < 4.78 is 1.63. The maximum absolute atomic E-state index is 12.2. The van der Waals surface area contributed by atoms with E-state index in [0.717, 1.165) is 42.7 Å². The zero-order chi connectivity index (χ0) is 18.8. The second-order valence-electron chi connectivity index (χ2n) is 6.90. The molecule has 0 aliphatic carbocycles. The molecular formula is C19H21ClN6O. The fourth-order valence-corrected chi connectivity index (χ4v) is 3.66. The van der Waals surface area contributed by atoms with Crippen LogP contribution in [0.3, 0.4) is 0 Å². The fraction of sp³-hybridized carbons (Fsp3) is 0.368. The van der Waals surface area contributed by atoms with Gasteiger partial charge in [0.15, 0.2) is 0 Å². The van der Waals surface area contributed by atoms with Gasteiger partial charge in [-0.1, -0.05) is 11.6 Å². The number of halogens is 1. The molecule has 1 aliphatic rings. The van der Waals surface area contributed by atoms with E-state index in [2.05, 4.69) is 25.3 Å². The smallest absolute Gasteiger partial charge is 0.254 e. The molecule has 8 heteroatoms. The first-order valence-electron chi connectivity index (χ1n) is 9.02. The Labute approximate surface area is 162 Å². The number of hydrogen-bond donors (Lipinski definition) is 1. The molecule has 0 saturated carbocycles. The predicted molar refractivity (Wildman–Crippen MR) is 105 cm³/mol. The van der Waals surface area contributed by atoms with E-state index in [1.54, 1.807) is 30.5 Å². The van der Waals surface area contributed by atoms with Gasteiger partial charge in [0, 0.05) is 43.3 Å². The predicted octanol–water partition coefficient (Wildman–Crippen LogP) is 2.66. The molecule has 0 bridgehead atoms. The Bertz CT molecular complexity index is 964. The number of nitrogens with zero attached hydrogens (tertiary/aromatic N) is 5. The zero-order valence-corrected chi connectivity index (χ0v) is 15.9. The van der Waals surface area contributed by atoms with Gasteiger partial charge in [0.1, 0.15) is 12.1 Å². The topological polar surface area (TPSA) is 75.9 Å². The minimum absolute atomic E-state index is 0.0656. The second-order valence-corrected chi connectivity index (χ2v) is 7.34.